The molecular formula is C21H22F5N7. The average molecular weight is 467 g/mol. The number of halogens is 5. The Hall–Kier alpha value is -3.05. The normalized spacial score (nSPS) is 18.4. The number of alkyl halides is 5. The van der Waals surface area contributed by atoms with E-state index in [0.29, 0.717) is 54.7 Å². The molecule has 2 aliphatic heterocycles. The van der Waals surface area contributed by atoms with Crippen LogP contribution in [0.1, 0.15) is 24.1 Å². The number of aryl methyl sites for hydroxylation is 1. The van der Waals surface area contributed by atoms with Crippen LogP contribution < -0.4 is 9.80 Å². The van der Waals surface area contributed by atoms with Crippen molar-refractivity contribution in [3.05, 3.63) is 35.8 Å². The van der Waals surface area contributed by atoms with Crippen LogP contribution in [0.5, 0.6) is 0 Å². The Kier molecular flexibility index (Phi) is 5.13. The molecule has 12 heteroatoms. The molecule has 7 nitrogen and oxygen atoms in total. The van der Waals surface area contributed by atoms with Gasteiger partial charge in [-0.2, -0.15) is 18.3 Å². The Balaban J connectivity index is 1.25. The molecule has 0 amide bonds. The SMILES string of the molecule is Cc1nn(CC(F)F)c2nc(N3CCC4(CC3)CN(c3cc(C(F)(F)F)ccn3)C4)cnc12. The lowest BCUT2D eigenvalue weighted by molar-refractivity contribution is -0.137. The van der Waals surface area contributed by atoms with Gasteiger partial charge in [0.15, 0.2) is 5.65 Å². The molecule has 3 aromatic heterocycles. The lowest BCUT2D eigenvalue weighted by Gasteiger charge is -2.54. The number of pyridine rings is 1. The molecule has 5 heterocycles. The van der Waals surface area contributed by atoms with Gasteiger partial charge in [-0.3, -0.25) is 0 Å². The van der Waals surface area contributed by atoms with Crippen LogP contribution in [-0.4, -0.2) is 57.3 Å². The second kappa shape index (κ2) is 7.77. The van der Waals surface area contributed by atoms with Crippen molar-refractivity contribution in [2.24, 2.45) is 5.41 Å². The second-order valence-corrected chi connectivity index (χ2v) is 8.80. The average Bonchev–Trinajstić information content (AvgIpc) is 3.05. The Bertz CT molecular complexity index is 1160. The minimum absolute atomic E-state index is 0.0258. The molecule has 0 atom stereocenters. The van der Waals surface area contributed by atoms with Crippen LogP contribution in [-0.2, 0) is 12.7 Å². The van der Waals surface area contributed by atoms with Crippen molar-refractivity contribution in [1.29, 1.82) is 0 Å². The lowest BCUT2D eigenvalue weighted by atomic mass is 9.72. The van der Waals surface area contributed by atoms with Crippen molar-refractivity contribution < 1.29 is 22.0 Å². The summed E-state index contributed by atoms with van der Waals surface area (Å²) in [6, 6.07) is 2.07. The highest BCUT2D eigenvalue weighted by molar-refractivity contribution is 5.74. The summed E-state index contributed by atoms with van der Waals surface area (Å²) in [5.41, 5.74) is 0.739. The molecular weight excluding hydrogens is 445 g/mol. The highest BCUT2D eigenvalue weighted by atomic mass is 19.4. The first-order valence-corrected chi connectivity index (χ1v) is 10.7. The highest BCUT2D eigenvalue weighted by Crippen LogP contribution is 2.43. The zero-order valence-electron chi connectivity index (χ0n) is 17.9. The van der Waals surface area contributed by atoms with Gasteiger partial charge in [0.25, 0.3) is 6.43 Å². The molecule has 5 rings (SSSR count). The molecule has 33 heavy (non-hydrogen) atoms. The van der Waals surface area contributed by atoms with Gasteiger partial charge in [-0.05, 0) is 31.9 Å². The third kappa shape index (κ3) is 4.06. The van der Waals surface area contributed by atoms with Gasteiger partial charge in [0.2, 0.25) is 0 Å². The van der Waals surface area contributed by atoms with E-state index >= 15 is 0 Å². The summed E-state index contributed by atoms with van der Waals surface area (Å²) in [4.78, 5) is 17.0. The van der Waals surface area contributed by atoms with E-state index in [1.807, 2.05) is 4.90 Å². The first-order valence-electron chi connectivity index (χ1n) is 10.7. The standard InChI is InChI=1S/C21H22F5N7/c1-13-18-19(33(30-13)10-15(22)23)29-17(9-28-18)31-6-3-20(4-7-31)11-32(12-20)16-8-14(2-5-27-16)21(24,25)26/h2,5,8-9,15H,3-4,6-7,10-12H2,1H3. The van der Waals surface area contributed by atoms with Crippen LogP contribution in [0.15, 0.2) is 24.5 Å². The minimum atomic E-state index is -4.39. The maximum absolute atomic E-state index is 13.0. The predicted octanol–water partition coefficient (Wildman–Crippen LogP) is 3.92. The Morgan fingerprint density at radius 1 is 1.06 bits per heavy atom. The van der Waals surface area contributed by atoms with Crippen LogP contribution in [0, 0.1) is 12.3 Å². The number of hydrogen-bond acceptors (Lipinski definition) is 6. The summed E-state index contributed by atoms with van der Waals surface area (Å²) < 4.78 is 65.9. The third-order valence-electron chi connectivity index (χ3n) is 6.51. The van der Waals surface area contributed by atoms with E-state index in [9.17, 15) is 22.0 Å². The summed E-state index contributed by atoms with van der Waals surface area (Å²) in [5, 5.41) is 4.13. The molecule has 176 valence electrons. The number of rotatable bonds is 4. The topological polar surface area (TPSA) is 63.0 Å². The molecule has 0 unspecified atom stereocenters. The van der Waals surface area contributed by atoms with Crippen LogP contribution in [0.3, 0.4) is 0 Å². The van der Waals surface area contributed by atoms with E-state index in [-0.39, 0.29) is 5.41 Å². The first kappa shape index (κ1) is 21.8. The zero-order valence-corrected chi connectivity index (χ0v) is 17.9. The van der Waals surface area contributed by atoms with Gasteiger partial charge in [-0.25, -0.2) is 28.4 Å². The van der Waals surface area contributed by atoms with E-state index in [2.05, 4.69) is 25.0 Å². The number of aromatic nitrogens is 5. The van der Waals surface area contributed by atoms with Crippen LogP contribution >= 0.6 is 0 Å². The van der Waals surface area contributed by atoms with Gasteiger partial charge >= 0.3 is 6.18 Å². The maximum atomic E-state index is 13.0. The first-order chi connectivity index (χ1) is 15.6. The highest BCUT2D eigenvalue weighted by Gasteiger charge is 2.46. The molecule has 0 radical (unpaired) electrons. The van der Waals surface area contributed by atoms with Crippen molar-refractivity contribution in [2.45, 2.75) is 38.9 Å². The predicted molar refractivity (Wildman–Crippen MR) is 111 cm³/mol. The quantitative estimate of drug-likeness (QED) is 0.542. The summed E-state index contributed by atoms with van der Waals surface area (Å²) in [5.74, 6) is 0.959. The zero-order chi connectivity index (χ0) is 23.4. The van der Waals surface area contributed by atoms with Gasteiger partial charge in [0, 0.05) is 37.8 Å². The largest absolute Gasteiger partial charge is 0.416 e. The molecule has 1 spiro atoms. The molecule has 0 saturated carbocycles. The molecule has 0 aliphatic carbocycles. The number of nitrogens with zero attached hydrogens (tertiary/aromatic N) is 7. The maximum Gasteiger partial charge on any atom is 0.416 e. The molecule has 2 fully saturated rings. The van der Waals surface area contributed by atoms with E-state index in [1.54, 1.807) is 13.1 Å². The van der Waals surface area contributed by atoms with Crippen LogP contribution in [0.4, 0.5) is 33.6 Å². The van der Waals surface area contributed by atoms with Gasteiger partial charge < -0.3 is 9.80 Å². The number of hydrogen-bond donors (Lipinski definition) is 0. The molecule has 0 aromatic carbocycles. The number of fused-ring (bicyclic) bond motifs is 1. The van der Waals surface area contributed by atoms with Crippen molar-refractivity contribution in [3.63, 3.8) is 0 Å². The monoisotopic (exact) mass is 467 g/mol. The third-order valence-corrected chi connectivity index (χ3v) is 6.51. The van der Waals surface area contributed by atoms with E-state index < -0.39 is 24.7 Å². The van der Waals surface area contributed by atoms with Crippen molar-refractivity contribution in [3.8, 4) is 0 Å². The summed E-state index contributed by atoms with van der Waals surface area (Å²) in [7, 11) is 0. The summed E-state index contributed by atoms with van der Waals surface area (Å²) >= 11 is 0. The van der Waals surface area contributed by atoms with Crippen LogP contribution in [0.25, 0.3) is 11.2 Å². The summed E-state index contributed by atoms with van der Waals surface area (Å²) in [6.45, 7) is 3.88. The fourth-order valence-electron chi connectivity index (χ4n) is 4.71. The lowest BCUT2D eigenvalue weighted by Crippen LogP contribution is -2.61. The van der Waals surface area contributed by atoms with Crippen LogP contribution in [0.2, 0.25) is 0 Å². The molecule has 0 N–H and O–H groups in total. The molecule has 0 bridgehead atoms. The van der Waals surface area contributed by atoms with E-state index in [1.165, 1.54) is 10.9 Å². The minimum Gasteiger partial charge on any atom is -0.355 e. The Labute approximate surface area is 186 Å². The molecule has 2 aliphatic rings. The van der Waals surface area contributed by atoms with Crippen molar-refractivity contribution in [2.75, 3.05) is 36.0 Å². The Morgan fingerprint density at radius 2 is 1.79 bits per heavy atom. The van der Waals surface area contributed by atoms with E-state index in [4.69, 9.17) is 0 Å². The number of piperidine rings is 1. The van der Waals surface area contributed by atoms with Gasteiger partial charge in [0.05, 0.1) is 17.5 Å². The molecule has 3 aromatic rings. The van der Waals surface area contributed by atoms with Crippen molar-refractivity contribution in [1.82, 2.24) is 24.7 Å². The Morgan fingerprint density at radius 3 is 2.45 bits per heavy atom. The van der Waals surface area contributed by atoms with Crippen molar-refractivity contribution >= 4 is 22.8 Å². The number of anilines is 2. The smallest absolute Gasteiger partial charge is 0.355 e. The van der Waals surface area contributed by atoms with Gasteiger partial charge in [-0.15, -0.1) is 0 Å². The van der Waals surface area contributed by atoms with E-state index in [0.717, 1.165) is 25.0 Å². The summed E-state index contributed by atoms with van der Waals surface area (Å²) in [6.07, 6.45) is -2.41. The fourth-order valence-corrected chi connectivity index (χ4v) is 4.71. The van der Waals surface area contributed by atoms with Gasteiger partial charge in [0.1, 0.15) is 23.7 Å². The second-order valence-electron chi connectivity index (χ2n) is 8.80. The fraction of sp³-hybridized carbons (Fsp3) is 0.524. The van der Waals surface area contributed by atoms with Gasteiger partial charge in [-0.1, -0.05) is 0 Å². The molecule has 2 saturated heterocycles.